The van der Waals surface area contributed by atoms with Gasteiger partial charge in [-0.1, -0.05) is 5.10 Å². The Morgan fingerprint density at radius 1 is 1.18 bits per heavy atom. The van der Waals surface area contributed by atoms with Crippen molar-refractivity contribution in [1.29, 1.82) is 0 Å². The molecule has 0 spiro atoms. The van der Waals surface area contributed by atoms with Gasteiger partial charge in [0.1, 0.15) is 12.4 Å². The number of hydrogen-bond acceptors (Lipinski definition) is 5. The van der Waals surface area contributed by atoms with Crippen LogP contribution in [0.1, 0.15) is 12.8 Å². The Balaban J connectivity index is 1.59. The van der Waals surface area contributed by atoms with Crippen molar-refractivity contribution >= 4 is 6.01 Å². The van der Waals surface area contributed by atoms with E-state index in [2.05, 4.69) is 20.0 Å². The number of halogens is 1. The number of alkyl halides is 1. The van der Waals surface area contributed by atoms with Crippen molar-refractivity contribution < 1.29 is 8.81 Å². The third-order valence-electron chi connectivity index (χ3n) is 4.69. The molecule has 0 amide bonds. The third-order valence-corrected chi connectivity index (χ3v) is 4.69. The number of fused-ring (bicyclic) bond motifs is 4. The summed E-state index contributed by atoms with van der Waals surface area (Å²) in [5.74, 6) is 0.465. The molecule has 22 heavy (non-hydrogen) atoms. The van der Waals surface area contributed by atoms with Crippen LogP contribution in [0.4, 0.5) is 10.4 Å². The second kappa shape index (κ2) is 5.72. The zero-order valence-electron chi connectivity index (χ0n) is 12.5. The lowest BCUT2D eigenvalue weighted by Gasteiger charge is -2.29. The summed E-state index contributed by atoms with van der Waals surface area (Å²) in [6.45, 7) is 4.18. The molecule has 0 saturated carbocycles. The van der Waals surface area contributed by atoms with Crippen LogP contribution in [0.3, 0.4) is 0 Å². The molecular weight excluding hydrogens is 285 g/mol. The smallest absolute Gasteiger partial charge is 0.318 e. The number of nitrogens with zero attached hydrogens (tertiary/aromatic N) is 5. The Morgan fingerprint density at radius 3 is 2.86 bits per heavy atom. The fourth-order valence-electron chi connectivity index (χ4n) is 3.47. The second-order valence-electron chi connectivity index (χ2n) is 5.93. The molecule has 5 rings (SSSR count). The molecule has 6 nitrogen and oxygen atoms in total. The van der Waals surface area contributed by atoms with Crippen LogP contribution < -0.4 is 4.90 Å². The SMILES string of the molecule is FCCn1cccc1-c1nnc(N2CCN3CCC2CC3)o1. The van der Waals surface area contributed by atoms with E-state index in [9.17, 15) is 4.39 Å². The molecular formula is C15H20FN5O. The molecule has 5 heterocycles. The predicted molar refractivity (Wildman–Crippen MR) is 80.5 cm³/mol. The van der Waals surface area contributed by atoms with E-state index < -0.39 is 6.67 Å². The summed E-state index contributed by atoms with van der Waals surface area (Å²) < 4.78 is 20.3. The fourth-order valence-corrected chi connectivity index (χ4v) is 3.47. The second-order valence-corrected chi connectivity index (χ2v) is 5.93. The largest absolute Gasteiger partial charge is 0.402 e. The fraction of sp³-hybridized carbons (Fsp3) is 0.600. The number of aromatic nitrogens is 3. The number of rotatable bonds is 4. The van der Waals surface area contributed by atoms with Gasteiger partial charge in [0.2, 0.25) is 0 Å². The molecule has 0 aliphatic carbocycles. The third kappa shape index (κ3) is 2.39. The van der Waals surface area contributed by atoms with Gasteiger partial charge in [0.05, 0.1) is 6.54 Å². The van der Waals surface area contributed by atoms with Crippen LogP contribution in [0, 0.1) is 0 Å². The van der Waals surface area contributed by atoms with E-state index in [4.69, 9.17) is 4.42 Å². The molecule has 2 aromatic heterocycles. The molecule has 0 atom stereocenters. The number of hydrogen-bond donors (Lipinski definition) is 0. The van der Waals surface area contributed by atoms with Crippen LogP contribution in [0.5, 0.6) is 0 Å². The first-order valence-electron chi connectivity index (χ1n) is 7.89. The summed E-state index contributed by atoms with van der Waals surface area (Å²) in [6.07, 6.45) is 4.13. The average Bonchev–Trinajstić information content (AvgIpc) is 3.10. The van der Waals surface area contributed by atoms with Gasteiger partial charge in [-0.15, -0.1) is 5.10 Å². The van der Waals surface area contributed by atoms with Crippen LogP contribution >= 0.6 is 0 Å². The predicted octanol–water partition coefficient (Wildman–Crippen LogP) is 1.79. The van der Waals surface area contributed by atoms with Gasteiger partial charge in [-0.3, -0.25) is 0 Å². The monoisotopic (exact) mass is 305 g/mol. The van der Waals surface area contributed by atoms with Gasteiger partial charge in [0.25, 0.3) is 5.89 Å². The highest BCUT2D eigenvalue weighted by Crippen LogP contribution is 2.28. The molecule has 7 heteroatoms. The molecule has 0 radical (unpaired) electrons. The maximum Gasteiger partial charge on any atom is 0.318 e. The van der Waals surface area contributed by atoms with Gasteiger partial charge in [-0.05, 0) is 25.0 Å². The van der Waals surface area contributed by atoms with E-state index in [1.165, 1.54) is 0 Å². The molecule has 0 N–H and O–H groups in total. The van der Waals surface area contributed by atoms with Crippen LogP contribution in [-0.2, 0) is 6.54 Å². The van der Waals surface area contributed by atoms with E-state index in [1.807, 2.05) is 18.3 Å². The lowest BCUT2D eigenvalue weighted by molar-refractivity contribution is 0.249. The van der Waals surface area contributed by atoms with E-state index in [0.29, 0.717) is 24.5 Å². The topological polar surface area (TPSA) is 50.3 Å². The van der Waals surface area contributed by atoms with Gasteiger partial charge >= 0.3 is 6.01 Å². The minimum Gasteiger partial charge on any atom is -0.402 e. The standard InChI is InChI=1S/C15H20FN5O/c16-5-9-20-6-1-2-13(20)14-17-18-15(22-14)21-11-10-19-7-3-12(21)4-8-19/h1-2,6,12H,3-5,7-11H2. The molecule has 3 saturated heterocycles. The molecule has 0 aromatic carbocycles. The van der Waals surface area contributed by atoms with Crippen molar-refractivity contribution in [3.8, 4) is 11.6 Å². The van der Waals surface area contributed by atoms with E-state index in [0.717, 1.165) is 44.7 Å². The maximum atomic E-state index is 12.6. The highest BCUT2D eigenvalue weighted by molar-refractivity contribution is 5.49. The molecule has 2 bridgehead atoms. The Kier molecular flexibility index (Phi) is 3.57. The summed E-state index contributed by atoms with van der Waals surface area (Å²) in [5.41, 5.74) is 0.777. The van der Waals surface area contributed by atoms with Crippen molar-refractivity contribution in [3.63, 3.8) is 0 Å². The summed E-state index contributed by atoms with van der Waals surface area (Å²) in [4.78, 5) is 4.73. The lowest BCUT2D eigenvalue weighted by Crippen LogP contribution is -2.38. The zero-order valence-corrected chi connectivity index (χ0v) is 12.5. The van der Waals surface area contributed by atoms with Crippen molar-refractivity contribution in [2.24, 2.45) is 0 Å². The first-order chi connectivity index (χ1) is 10.8. The van der Waals surface area contributed by atoms with Gasteiger partial charge in [-0.25, -0.2) is 4.39 Å². The lowest BCUT2D eigenvalue weighted by atomic mass is 10.1. The maximum absolute atomic E-state index is 12.6. The van der Waals surface area contributed by atoms with Gasteiger partial charge in [0, 0.05) is 38.4 Å². The number of piperidine rings is 1. The molecule has 0 unspecified atom stereocenters. The summed E-state index contributed by atoms with van der Waals surface area (Å²) in [6, 6.07) is 4.84. The molecule has 3 aliphatic rings. The van der Waals surface area contributed by atoms with Crippen molar-refractivity contribution in [1.82, 2.24) is 19.7 Å². The average molecular weight is 305 g/mol. The summed E-state index contributed by atoms with van der Waals surface area (Å²) in [7, 11) is 0. The highest BCUT2D eigenvalue weighted by Gasteiger charge is 2.32. The van der Waals surface area contributed by atoms with Crippen LogP contribution in [0.15, 0.2) is 22.7 Å². The highest BCUT2D eigenvalue weighted by atomic mass is 19.1. The van der Waals surface area contributed by atoms with Crippen molar-refractivity contribution in [3.05, 3.63) is 18.3 Å². The minimum absolute atomic E-state index is 0.307. The molecule has 118 valence electrons. The Labute approximate surface area is 128 Å². The van der Waals surface area contributed by atoms with Crippen LogP contribution in [0.2, 0.25) is 0 Å². The zero-order chi connectivity index (χ0) is 14.9. The van der Waals surface area contributed by atoms with E-state index in [1.54, 1.807) is 4.57 Å². The first kappa shape index (κ1) is 13.8. The quantitative estimate of drug-likeness (QED) is 0.862. The number of aryl methyl sites for hydroxylation is 1. The van der Waals surface area contributed by atoms with Gasteiger partial charge < -0.3 is 18.8 Å². The molecule has 3 aliphatic heterocycles. The minimum atomic E-state index is -0.410. The van der Waals surface area contributed by atoms with E-state index >= 15 is 0 Å². The van der Waals surface area contributed by atoms with Crippen LogP contribution in [0.25, 0.3) is 11.6 Å². The van der Waals surface area contributed by atoms with Crippen LogP contribution in [-0.4, -0.2) is 58.6 Å². The first-order valence-corrected chi connectivity index (χ1v) is 7.89. The Hall–Kier alpha value is -1.89. The Morgan fingerprint density at radius 2 is 2.05 bits per heavy atom. The van der Waals surface area contributed by atoms with E-state index in [-0.39, 0.29) is 0 Å². The normalized spacial score (nSPS) is 24.7. The summed E-state index contributed by atoms with van der Waals surface area (Å²) >= 11 is 0. The van der Waals surface area contributed by atoms with Crippen molar-refractivity contribution in [2.45, 2.75) is 25.4 Å². The summed E-state index contributed by atoms with van der Waals surface area (Å²) in [5, 5.41) is 8.41. The molecule has 2 aromatic rings. The number of anilines is 1. The Bertz CT molecular complexity index is 631. The molecule has 3 fully saturated rings. The van der Waals surface area contributed by atoms with Crippen molar-refractivity contribution in [2.75, 3.05) is 37.8 Å². The van der Waals surface area contributed by atoms with Gasteiger partial charge in [-0.2, -0.15) is 0 Å². The van der Waals surface area contributed by atoms with Gasteiger partial charge in [0.15, 0.2) is 0 Å².